The molecule has 0 saturated carbocycles. The Bertz CT molecular complexity index is 1040. The van der Waals surface area contributed by atoms with Gasteiger partial charge in [-0.2, -0.15) is 4.99 Å². The standard InChI is InChI=1S/C22H23N5O3/c1-3-24(4-2)13-14-25-18-7-5-6-8-19(18)26-20(21(28)23-22(25)26)15-16-9-11-17(12-10-16)27(29)30/h5-12,15H,3-4,13-14H2,1-2H3/b20-15-. The predicted molar refractivity (Wildman–Crippen MR) is 118 cm³/mol. The Morgan fingerprint density at radius 2 is 1.73 bits per heavy atom. The molecule has 2 heterocycles. The van der Waals surface area contributed by atoms with Crippen molar-refractivity contribution in [1.82, 2.24) is 4.90 Å². The quantitative estimate of drug-likeness (QED) is 0.398. The molecule has 0 unspecified atom stereocenters. The smallest absolute Gasteiger partial charge is 0.297 e. The highest BCUT2D eigenvalue weighted by Crippen LogP contribution is 2.42. The normalized spacial score (nSPS) is 16.3. The summed E-state index contributed by atoms with van der Waals surface area (Å²) in [4.78, 5) is 33.8. The van der Waals surface area contributed by atoms with E-state index in [0.717, 1.165) is 37.6 Å². The van der Waals surface area contributed by atoms with Gasteiger partial charge in [0.1, 0.15) is 5.70 Å². The van der Waals surface area contributed by atoms with E-state index in [4.69, 9.17) is 0 Å². The summed E-state index contributed by atoms with van der Waals surface area (Å²) in [5.74, 6) is 0.298. The first kappa shape index (κ1) is 19.8. The molecule has 30 heavy (non-hydrogen) atoms. The van der Waals surface area contributed by atoms with Crippen LogP contribution < -0.4 is 9.80 Å². The number of benzene rings is 2. The van der Waals surface area contributed by atoms with Crippen molar-refractivity contribution < 1.29 is 9.72 Å². The summed E-state index contributed by atoms with van der Waals surface area (Å²) in [6.07, 6.45) is 1.73. The van der Waals surface area contributed by atoms with Crippen LogP contribution in [0.2, 0.25) is 0 Å². The second kappa shape index (κ2) is 8.08. The number of hydrogen-bond acceptors (Lipinski definition) is 6. The lowest BCUT2D eigenvalue weighted by atomic mass is 10.1. The lowest BCUT2D eigenvalue weighted by molar-refractivity contribution is -0.384. The highest BCUT2D eigenvalue weighted by Gasteiger charge is 2.41. The fourth-order valence-corrected chi connectivity index (χ4v) is 3.79. The molecule has 0 aliphatic carbocycles. The number of para-hydroxylation sites is 2. The van der Waals surface area contributed by atoms with Crippen LogP contribution in [0, 0.1) is 10.1 Å². The van der Waals surface area contributed by atoms with Gasteiger partial charge >= 0.3 is 0 Å². The second-order valence-corrected chi connectivity index (χ2v) is 7.10. The van der Waals surface area contributed by atoms with E-state index in [1.165, 1.54) is 12.1 Å². The second-order valence-electron chi connectivity index (χ2n) is 7.10. The molecule has 0 fully saturated rings. The Hall–Kier alpha value is -3.52. The van der Waals surface area contributed by atoms with Gasteiger partial charge < -0.3 is 9.80 Å². The van der Waals surface area contributed by atoms with E-state index < -0.39 is 4.92 Å². The molecule has 4 rings (SSSR count). The molecule has 8 heteroatoms. The van der Waals surface area contributed by atoms with E-state index in [2.05, 4.69) is 28.6 Å². The van der Waals surface area contributed by atoms with Gasteiger partial charge in [0.25, 0.3) is 11.6 Å². The first-order valence-electron chi connectivity index (χ1n) is 10.0. The zero-order valence-corrected chi connectivity index (χ0v) is 17.0. The van der Waals surface area contributed by atoms with E-state index in [9.17, 15) is 14.9 Å². The van der Waals surface area contributed by atoms with E-state index in [1.54, 1.807) is 18.2 Å². The molecule has 2 aliphatic heterocycles. The minimum atomic E-state index is -0.441. The van der Waals surface area contributed by atoms with Crippen molar-refractivity contribution >= 4 is 35.0 Å². The molecular weight excluding hydrogens is 382 g/mol. The number of hydrogen-bond donors (Lipinski definition) is 0. The number of nitro groups is 1. The molecule has 0 atom stereocenters. The van der Waals surface area contributed by atoms with Crippen LogP contribution >= 0.6 is 0 Å². The molecular formula is C22H23N5O3. The number of nitro benzene ring substituents is 1. The molecule has 2 aromatic carbocycles. The van der Waals surface area contributed by atoms with E-state index in [0.29, 0.717) is 17.2 Å². The van der Waals surface area contributed by atoms with Crippen LogP contribution in [0.15, 0.2) is 59.2 Å². The fourth-order valence-electron chi connectivity index (χ4n) is 3.79. The molecule has 8 nitrogen and oxygen atoms in total. The molecule has 0 radical (unpaired) electrons. The minimum absolute atomic E-state index is 0.0148. The summed E-state index contributed by atoms with van der Waals surface area (Å²) in [6.45, 7) is 7.79. The van der Waals surface area contributed by atoms with Gasteiger partial charge in [0, 0.05) is 25.2 Å². The Balaban J connectivity index is 1.67. The van der Waals surface area contributed by atoms with E-state index >= 15 is 0 Å². The number of carbonyl (C=O) groups excluding carboxylic acids is 1. The van der Waals surface area contributed by atoms with Gasteiger partial charge in [-0.05, 0) is 49.0 Å². The molecule has 0 spiro atoms. The summed E-state index contributed by atoms with van der Waals surface area (Å²) in [6, 6.07) is 14.1. The number of guanidine groups is 1. The number of nitrogens with zero attached hydrogens (tertiary/aromatic N) is 5. The number of amides is 1. The maximum absolute atomic E-state index is 12.7. The summed E-state index contributed by atoms with van der Waals surface area (Å²) >= 11 is 0. The number of non-ortho nitro benzene ring substituents is 1. The van der Waals surface area contributed by atoms with Gasteiger partial charge in [-0.15, -0.1) is 0 Å². The number of rotatable bonds is 7. The van der Waals surface area contributed by atoms with Crippen molar-refractivity contribution in [2.45, 2.75) is 13.8 Å². The van der Waals surface area contributed by atoms with Gasteiger partial charge in [0.2, 0.25) is 5.96 Å². The predicted octanol–water partition coefficient (Wildman–Crippen LogP) is 3.50. The van der Waals surface area contributed by atoms with Gasteiger partial charge in [0.05, 0.1) is 16.3 Å². The first-order valence-corrected chi connectivity index (χ1v) is 10.0. The van der Waals surface area contributed by atoms with Crippen LogP contribution in [-0.4, -0.2) is 47.9 Å². The number of carbonyl (C=O) groups is 1. The molecule has 0 aromatic heterocycles. The Morgan fingerprint density at radius 3 is 2.37 bits per heavy atom. The zero-order chi connectivity index (χ0) is 21.3. The number of likely N-dealkylation sites (N-methyl/N-ethyl adjacent to an activating group) is 1. The summed E-state index contributed by atoms with van der Waals surface area (Å²) in [7, 11) is 0. The lowest BCUT2D eigenvalue weighted by Crippen LogP contribution is -2.40. The summed E-state index contributed by atoms with van der Waals surface area (Å²) < 4.78 is 0. The third-order valence-corrected chi connectivity index (χ3v) is 5.46. The number of aliphatic imine (C=N–C) groups is 1. The Kier molecular flexibility index (Phi) is 5.33. The third kappa shape index (κ3) is 3.46. The molecule has 2 aromatic rings. The molecule has 1 amide bonds. The average Bonchev–Trinajstić information content (AvgIpc) is 3.23. The van der Waals surface area contributed by atoms with Crippen molar-refractivity contribution in [3.63, 3.8) is 0 Å². The van der Waals surface area contributed by atoms with Gasteiger partial charge in [0.15, 0.2) is 0 Å². The molecule has 0 saturated heterocycles. The lowest BCUT2D eigenvalue weighted by Gasteiger charge is -2.24. The number of anilines is 2. The number of fused-ring (bicyclic) bond motifs is 3. The first-order chi connectivity index (χ1) is 14.5. The Morgan fingerprint density at radius 1 is 1.07 bits per heavy atom. The maximum atomic E-state index is 12.7. The largest absolute Gasteiger partial charge is 0.308 e. The fraction of sp³-hybridized carbons (Fsp3) is 0.273. The van der Waals surface area contributed by atoms with Crippen LogP contribution in [-0.2, 0) is 4.79 Å². The Labute approximate surface area is 174 Å². The molecule has 154 valence electrons. The third-order valence-electron chi connectivity index (χ3n) is 5.46. The van der Waals surface area contributed by atoms with Crippen LogP contribution in [0.25, 0.3) is 6.08 Å². The molecule has 2 aliphatic rings. The SMILES string of the molecule is CCN(CC)CCN1C2=NC(=O)/C(=C/c3ccc([N+](=O)[O-])cc3)N2c2ccccc21. The van der Waals surface area contributed by atoms with Crippen molar-refractivity contribution in [3.8, 4) is 0 Å². The van der Waals surface area contributed by atoms with Crippen molar-refractivity contribution in [2.24, 2.45) is 4.99 Å². The van der Waals surface area contributed by atoms with Crippen LogP contribution in [0.1, 0.15) is 19.4 Å². The summed E-state index contributed by atoms with van der Waals surface area (Å²) in [5, 5.41) is 10.9. The molecule has 0 bridgehead atoms. The maximum Gasteiger partial charge on any atom is 0.297 e. The highest BCUT2D eigenvalue weighted by molar-refractivity contribution is 6.31. The average molecular weight is 405 g/mol. The monoisotopic (exact) mass is 405 g/mol. The topological polar surface area (TPSA) is 82.3 Å². The van der Waals surface area contributed by atoms with E-state index in [1.807, 2.05) is 29.2 Å². The minimum Gasteiger partial charge on any atom is -0.308 e. The van der Waals surface area contributed by atoms with Crippen LogP contribution in [0.3, 0.4) is 0 Å². The highest BCUT2D eigenvalue weighted by atomic mass is 16.6. The van der Waals surface area contributed by atoms with Gasteiger partial charge in [-0.25, -0.2) is 0 Å². The summed E-state index contributed by atoms with van der Waals surface area (Å²) in [5.41, 5.74) is 3.09. The van der Waals surface area contributed by atoms with Gasteiger partial charge in [-0.3, -0.25) is 19.8 Å². The van der Waals surface area contributed by atoms with E-state index in [-0.39, 0.29) is 11.6 Å². The van der Waals surface area contributed by atoms with Crippen molar-refractivity contribution in [2.75, 3.05) is 36.0 Å². The van der Waals surface area contributed by atoms with Crippen molar-refractivity contribution in [3.05, 3.63) is 69.9 Å². The van der Waals surface area contributed by atoms with Crippen LogP contribution in [0.4, 0.5) is 17.1 Å². The van der Waals surface area contributed by atoms with Crippen LogP contribution in [0.5, 0.6) is 0 Å². The van der Waals surface area contributed by atoms with Crippen molar-refractivity contribution in [1.29, 1.82) is 0 Å². The van der Waals surface area contributed by atoms with Gasteiger partial charge in [-0.1, -0.05) is 26.0 Å². The molecule has 0 N–H and O–H groups in total. The zero-order valence-electron chi connectivity index (χ0n) is 17.0.